The molecule has 0 spiro atoms. The van der Waals surface area contributed by atoms with Crippen LogP contribution in [0.25, 0.3) is 0 Å². The molecule has 0 bridgehead atoms. The van der Waals surface area contributed by atoms with Gasteiger partial charge in [-0.3, -0.25) is 4.79 Å². The van der Waals surface area contributed by atoms with Crippen LogP contribution in [0.3, 0.4) is 0 Å². The van der Waals surface area contributed by atoms with Gasteiger partial charge in [-0.25, -0.2) is 0 Å². The van der Waals surface area contributed by atoms with Gasteiger partial charge in [0.15, 0.2) is 0 Å². The van der Waals surface area contributed by atoms with Crippen LogP contribution in [-0.2, 0) is 4.74 Å². The number of carbonyl (C=O) groups excluding carboxylic acids is 1. The number of carbonyl (C=O) groups is 1. The summed E-state index contributed by atoms with van der Waals surface area (Å²) in [6.45, 7) is 0.280. The summed E-state index contributed by atoms with van der Waals surface area (Å²) >= 11 is 3.47. The largest absolute Gasteiger partial charge is 0.497 e. The maximum Gasteiger partial charge on any atom is 0.150 e. The number of rotatable bonds is 6. The molecule has 28 heavy (non-hydrogen) atoms. The number of benzene rings is 3. The molecule has 3 aromatic carbocycles. The molecule has 0 fully saturated rings. The van der Waals surface area contributed by atoms with Crippen LogP contribution in [0.15, 0.2) is 77.3 Å². The second-order valence-electron chi connectivity index (χ2n) is 6.06. The molecule has 3 nitrogen and oxygen atoms in total. The highest BCUT2D eigenvalue weighted by molar-refractivity contribution is 9.10. The van der Waals surface area contributed by atoms with Crippen LogP contribution in [0.2, 0.25) is 0 Å². The number of ether oxygens (including phenoxy) is 2. The molecule has 140 valence electrons. The molecule has 3 aromatic rings. The van der Waals surface area contributed by atoms with Crippen LogP contribution >= 0.6 is 15.9 Å². The Hall–Kier alpha value is -2.87. The molecular weight excluding hydrogens is 416 g/mol. The standard InChI is InChI=1S/C24H19BrO3/c1-27-23-14-10-21(11-15-23)24(20-8-12-22(25)13-9-20)28-16-2-3-18-4-6-19(17-26)7-5-18/h4-15,17,24H,16H2,1H3. The van der Waals surface area contributed by atoms with Gasteiger partial charge >= 0.3 is 0 Å². The number of hydrogen-bond acceptors (Lipinski definition) is 3. The van der Waals surface area contributed by atoms with Gasteiger partial charge in [-0.2, -0.15) is 0 Å². The lowest BCUT2D eigenvalue weighted by Crippen LogP contribution is -2.07. The van der Waals surface area contributed by atoms with Gasteiger partial charge in [0.25, 0.3) is 0 Å². The molecular formula is C24H19BrO3. The second kappa shape index (κ2) is 9.89. The molecule has 4 heteroatoms. The molecule has 0 aliphatic rings. The van der Waals surface area contributed by atoms with Crippen molar-refractivity contribution < 1.29 is 14.3 Å². The number of halogens is 1. The Bertz CT molecular complexity index is 966. The minimum atomic E-state index is -0.231. The van der Waals surface area contributed by atoms with E-state index in [1.165, 1.54) is 0 Å². The average molecular weight is 435 g/mol. The fraction of sp³-hybridized carbons (Fsp3) is 0.125. The van der Waals surface area contributed by atoms with Gasteiger partial charge in [0.2, 0.25) is 0 Å². The molecule has 1 unspecified atom stereocenters. The zero-order chi connectivity index (χ0) is 19.8. The zero-order valence-corrected chi connectivity index (χ0v) is 17.0. The average Bonchev–Trinajstić information content (AvgIpc) is 2.75. The monoisotopic (exact) mass is 434 g/mol. The van der Waals surface area contributed by atoms with E-state index >= 15 is 0 Å². The molecule has 3 rings (SSSR count). The first-order valence-corrected chi connectivity index (χ1v) is 9.54. The molecule has 0 heterocycles. The number of aldehydes is 1. The quantitative estimate of drug-likeness (QED) is 0.383. The first-order valence-electron chi connectivity index (χ1n) is 8.75. The third-order valence-corrected chi connectivity index (χ3v) is 4.72. The van der Waals surface area contributed by atoms with Gasteiger partial charge in [-0.05, 0) is 47.5 Å². The zero-order valence-electron chi connectivity index (χ0n) is 15.4. The summed E-state index contributed by atoms with van der Waals surface area (Å²) in [5.74, 6) is 6.91. The molecule has 1 atom stereocenters. The Balaban J connectivity index is 1.76. The van der Waals surface area contributed by atoms with Crippen molar-refractivity contribution in [2.75, 3.05) is 13.7 Å². The minimum absolute atomic E-state index is 0.231. The van der Waals surface area contributed by atoms with Crippen molar-refractivity contribution in [2.24, 2.45) is 0 Å². The molecule has 0 saturated heterocycles. The van der Waals surface area contributed by atoms with E-state index in [0.29, 0.717) is 5.56 Å². The Kier molecular flexibility index (Phi) is 7.02. The number of hydrogen-bond donors (Lipinski definition) is 0. The second-order valence-corrected chi connectivity index (χ2v) is 6.97. The molecule has 0 aliphatic heterocycles. The highest BCUT2D eigenvalue weighted by Crippen LogP contribution is 2.28. The number of methoxy groups -OCH3 is 1. The maximum atomic E-state index is 10.7. The van der Waals surface area contributed by atoms with Gasteiger partial charge in [0.05, 0.1) is 7.11 Å². The van der Waals surface area contributed by atoms with E-state index in [9.17, 15) is 4.79 Å². The first kappa shape index (κ1) is 19.9. The lowest BCUT2D eigenvalue weighted by Gasteiger charge is -2.18. The summed E-state index contributed by atoms with van der Waals surface area (Å²) in [4.78, 5) is 10.7. The van der Waals surface area contributed by atoms with Crippen LogP contribution in [0.5, 0.6) is 5.75 Å². The highest BCUT2D eigenvalue weighted by atomic mass is 79.9. The van der Waals surface area contributed by atoms with Gasteiger partial charge in [-0.15, -0.1) is 0 Å². The van der Waals surface area contributed by atoms with Gasteiger partial charge in [0.1, 0.15) is 24.7 Å². The third kappa shape index (κ3) is 5.32. The molecule has 0 N–H and O–H groups in total. The van der Waals surface area contributed by atoms with Crippen LogP contribution in [0, 0.1) is 11.8 Å². The minimum Gasteiger partial charge on any atom is -0.497 e. The van der Waals surface area contributed by atoms with Crippen molar-refractivity contribution in [1.29, 1.82) is 0 Å². The van der Waals surface area contributed by atoms with Crippen molar-refractivity contribution in [3.63, 3.8) is 0 Å². The molecule has 0 saturated carbocycles. The van der Waals surface area contributed by atoms with E-state index in [1.807, 2.05) is 60.7 Å². The van der Waals surface area contributed by atoms with Gasteiger partial charge < -0.3 is 9.47 Å². The van der Waals surface area contributed by atoms with E-state index < -0.39 is 0 Å². The summed E-state index contributed by atoms with van der Waals surface area (Å²) in [6.07, 6.45) is 0.587. The van der Waals surface area contributed by atoms with E-state index in [1.54, 1.807) is 19.2 Å². The Morgan fingerprint density at radius 1 is 0.929 bits per heavy atom. The Morgan fingerprint density at radius 3 is 2.11 bits per heavy atom. The summed E-state index contributed by atoms with van der Waals surface area (Å²) in [7, 11) is 1.65. The van der Waals surface area contributed by atoms with E-state index in [-0.39, 0.29) is 12.7 Å². The van der Waals surface area contributed by atoms with E-state index in [0.717, 1.165) is 33.2 Å². The lowest BCUT2D eigenvalue weighted by molar-refractivity contribution is 0.108. The summed E-state index contributed by atoms with van der Waals surface area (Å²) in [5, 5.41) is 0. The molecule has 0 radical (unpaired) electrons. The van der Waals surface area contributed by atoms with Gasteiger partial charge in [-0.1, -0.05) is 64.2 Å². The van der Waals surface area contributed by atoms with Crippen LogP contribution in [-0.4, -0.2) is 20.0 Å². The maximum absolute atomic E-state index is 10.7. The SMILES string of the molecule is COc1ccc(C(OCC#Cc2ccc(C=O)cc2)c2ccc(Br)cc2)cc1. The van der Waals surface area contributed by atoms with Gasteiger partial charge in [0, 0.05) is 15.6 Å². The van der Waals surface area contributed by atoms with Crippen molar-refractivity contribution in [3.05, 3.63) is 99.5 Å². The van der Waals surface area contributed by atoms with E-state index in [4.69, 9.17) is 9.47 Å². The Morgan fingerprint density at radius 2 is 1.54 bits per heavy atom. The molecule has 0 aliphatic carbocycles. The summed E-state index contributed by atoms with van der Waals surface area (Å²) in [6, 6.07) is 23.0. The summed E-state index contributed by atoms with van der Waals surface area (Å²) in [5.41, 5.74) is 3.56. The fourth-order valence-corrected chi connectivity index (χ4v) is 2.97. The molecule has 0 amide bonds. The molecule has 0 aromatic heterocycles. The van der Waals surface area contributed by atoms with E-state index in [2.05, 4.69) is 27.8 Å². The fourth-order valence-electron chi connectivity index (χ4n) is 2.71. The van der Waals surface area contributed by atoms with Crippen LogP contribution < -0.4 is 4.74 Å². The Labute approximate surface area is 173 Å². The predicted molar refractivity (Wildman–Crippen MR) is 114 cm³/mol. The third-order valence-electron chi connectivity index (χ3n) is 4.19. The van der Waals surface area contributed by atoms with Crippen molar-refractivity contribution in [2.45, 2.75) is 6.10 Å². The van der Waals surface area contributed by atoms with Crippen molar-refractivity contribution >= 4 is 22.2 Å². The highest BCUT2D eigenvalue weighted by Gasteiger charge is 2.14. The predicted octanol–water partition coefficient (Wildman–Crippen LogP) is 5.43. The smallest absolute Gasteiger partial charge is 0.150 e. The normalized spacial score (nSPS) is 11.2. The van der Waals surface area contributed by atoms with Crippen molar-refractivity contribution in [1.82, 2.24) is 0 Å². The topological polar surface area (TPSA) is 35.5 Å². The van der Waals surface area contributed by atoms with Crippen molar-refractivity contribution in [3.8, 4) is 17.6 Å². The first-order chi connectivity index (χ1) is 13.7. The summed E-state index contributed by atoms with van der Waals surface area (Å²) < 4.78 is 12.4. The van der Waals surface area contributed by atoms with Crippen LogP contribution in [0.4, 0.5) is 0 Å². The lowest BCUT2D eigenvalue weighted by atomic mass is 10.0. The van der Waals surface area contributed by atoms with Crippen LogP contribution in [0.1, 0.15) is 33.2 Å².